The van der Waals surface area contributed by atoms with Crippen molar-refractivity contribution < 1.29 is 9.18 Å². The first-order valence-electron chi connectivity index (χ1n) is 11.0. The van der Waals surface area contributed by atoms with Gasteiger partial charge < -0.3 is 19.8 Å². The minimum atomic E-state index is -0.307. The van der Waals surface area contributed by atoms with Crippen LogP contribution in [0.2, 0.25) is 5.02 Å². The number of amides is 1. The SMILES string of the molecule is O=C(NC1=CCn2c1nc1c2NCCC1)c1cc2cc(Cl)ccc2n1Cc1cccc(F)c1. The maximum atomic E-state index is 13.8. The lowest BCUT2D eigenvalue weighted by molar-refractivity contribution is 0.0965. The molecule has 6 nitrogen and oxygen atoms in total. The summed E-state index contributed by atoms with van der Waals surface area (Å²) in [7, 11) is 0. The predicted octanol–water partition coefficient (Wildman–Crippen LogP) is 4.82. The highest BCUT2D eigenvalue weighted by Gasteiger charge is 2.27. The van der Waals surface area contributed by atoms with Gasteiger partial charge in [0, 0.05) is 35.6 Å². The molecule has 4 heterocycles. The second-order valence-corrected chi connectivity index (χ2v) is 8.83. The fourth-order valence-corrected chi connectivity index (χ4v) is 4.89. The van der Waals surface area contributed by atoms with Crippen LogP contribution in [0.1, 0.15) is 34.0 Å². The molecule has 166 valence electrons. The van der Waals surface area contributed by atoms with Gasteiger partial charge in [-0.1, -0.05) is 23.7 Å². The average molecular weight is 462 g/mol. The van der Waals surface area contributed by atoms with Crippen LogP contribution in [0.15, 0.2) is 54.6 Å². The minimum absolute atomic E-state index is 0.243. The van der Waals surface area contributed by atoms with Gasteiger partial charge >= 0.3 is 0 Å². The average Bonchev–Trinajstić information content (AvgIpc) is 3.46. The van der Waals surface area contributed by atoms with Gasteiger partial charge in [-0.2, -0.15) is 0 Å². The van der Waals surface area contributed by atoms with Crippen molar-refractivity contribution in [3.8, 4) is 0 Å². The number of imidazole rings is 1. The molecule has 0 spiro atoms. The zero-order valence-electron chi connectivity index (χ0n) is 17.7. The molecular formula is C25H21ClFN5O. The predicted molar refractivity (Wildman–Crippen MR) is 127 cm³/mol. The van der Waals surface area contributed by atoms with Gasteiger partial charge in [0.1, 0.15) is 17.3 Å². The lowest BCUT2D eigenvalue weighted by Gasteiger charge is -2.14. The quantitative estimate of drug-likeness (QED) is 0.458. The molecule has 0 bridgehead atoms. The van der Waals surface area contributed by atoms with Crippen molar-refractivity contribution in [3.05, 3.63) is 88.2 Å². The number of carbonyl (C=O) groups is 1. The highest BCUT2D eigenvalue weighted by Crippen LogP contribution is 2.31. The number of allylic oxidation sites excluding steroid dienone is 1. The molecule has 0 radical (unpaired) electrons. The van der Waals surface area contributed by atoms with E-state index in [0.717, 1.165) is 53.2 Å². The number of nitrogens with zero attached hydrogens (tertiary/aromatic N) is 3. The summed E-state index contributed by atoms with van der Waals surface area (Å²) in [4.78, 5) is 18.2. The Hall–Kier alpha value is -3.58. The standard InChI is InChI=1S/C25H21ClFN5O/c26-17-6-7-21-16(12-17)13-22(32(21)14-15-3-1-4-18(27)11-15)25(33)30-20-8-10-31-23-19(29-24(20)31)5-2-9-28-23/h1,3-4,6-8,11-13,28H,2,5,9-10,14H2,(H,30,33). The number of hydrogen-bond donors (Lipinski definition) is 2. The van der Waals surface area contributed by atoms with Gasteiger partial charge in [0.15, 0.2) is 5.82 Å². The highest BCUT2D eigenvalue weighted by molar-refractivity contribution is 6.31. The lowest BCUT2D eigenvalue weighted by Crippen LogP contribution is -2.25. The third kappa shape index (κ3) is 3.49. The maximum absolute atomic E-state index is 13.8. The van der Waals surface area contributed by atoms with Gasteiger partial charge in [0.05, 0.1) is 11.4 Å². The van der Waals surface area contributed by atoms with E-state index < -0.39 is 0 Å². The molecule has 0 atom stereocenters. The first kappa shape index (κ1) is 20.1. The summed E-state index contributed by atoms with van der Waals surface area (Å²) in [6, 6.07) is 13.7. The third-order valence-corrected chi connectivity index (χ3v) is 6.45. The van der Waals surface area contributed by atoms with Crippen LogP contribution in [0, 0.1) is 5.82 Å². The fraction of sp³-hybridized carbons (Fsp3) is 0.200. The maximum Gasteiger partial charge on any atom is 0.272 e. The Morgan fingerprint density at radius 2 is 2.12 bits per heavy atom. The molecule has 1 amide bonds. The number of nitrogens with one attached hydrogen (secondary N) is 2. The number of hydrogen-bond acceptors (Lipinski definition) is 3. The Labute approximate surface area is 194 Å². The zero-order valence-corrected chi connectivity index (χ0v) is 18.5. The fourth-order valence-electron chi connectivity index (χ4n) is 4.71. The topological polar surface area (TPSA) is 63.9 Å². The Balaban J connectivity index is 1.36. The van der Waals surface area contributed by atoms with Crippen molar-refractivity contribution in [2.45, 2.75) is 25.9 Å². The summed E-state index contributed by atoms with van der Waals surface area (Å²) >= 11 is 6.20. The smallest absolute Gasteiger partial charge is 0.272 e. The van der Waals surface area contributed by atoms with E-state index in [1.807, 2.05) is 34.9 Å². The number of rotatable bonds is 4. The van der Waals surface area contributed by atoms with Gasteiger partial charge in [-0.05, 0) is 60.9 Å². The highest BCUT2D eigenvalue weighted by atomic mass is 35.5. The van der Waals surface area contributed by atoms with Gasteiger partial charge in [-0.15, -0.1) is 0 Å². The molecule has 2 aromatic carbocycles. The van der Waals surface area contributed by atoms with Crippen molar-refractivity contribution >= 4 is 39.9 Å². The van der Waals surface area contributed by atoms with Crippen molar-refractivity contribution in [2.75, 3.05) is 11.9 Å². The van der Waals surface area contributed by atoms with E-state index in [4.69, 9.17) is 16.6 Å². The van der Waals surface area contributed by atoms with Crippen LogP contribution in [0.5, 0.6) is 0 Å². The van der Waals surface area contributed by atoms with Crippen molar-refractivity contribution in [3.63, 3.8) is 0 Å². The number of anilines is 1. The number of fused-ring (bicyclic) bond motifs is 4. The second kappa shape index (κ2) is 7.78. The van der Waals surface area contributed by atoms with Gasteiger partial charge in [0.25, 0.3) is 5.91 Å². The van der Waals surface area contributed by atoms with E-state index in [9.17, 15) is 9.18 Å². The summed E-state index contributed by atoms with van der Waals surface area (Å²) in [6.45, 7) is 1.96. The van der Waals surface area contributed by atoms with E-state index in [-0.39, 0.29) is 11.7 Å². The van der Waals surface area contributed by atoms with E-state index in [1.54, 1.807) is 12.1 Å². The Morgan fingerprint density at radius 3 is 3.00 bits per heavy atom. The normalized spacial score (nSPS) is 14.5. The molecule has 0 fully saturated rings. The molecule has 2 aliphatic rings. The third-order valence-electron chi connectivity index (χ3n) is 6.22. The lowest BCUT2D eigenvalue weighted by atomic mass is 10.2. The van der Waals surface area contributed by atoms with Crippen molar-refractivity contribution in [1.82, 2.24) is 19.4 Å². The Bertz CT molecular complexity index is 1450. The van der Waals surface area contributed by atoms with Gasteiger partial charge in [0.2, 0.25) is 0 Å². The van der Waals surface area contributed by atoms with Gasteiger partial charge in [-0.25, -0.2) is 9.37 Å². The van der Waals surface area contributed by atoms with E-state index >= 15 is 0 Å². The van der Waals surface area contributed by atoms with Crippen LogP contribution in [0.25, 0.3) is 16.6 Å². The largest absolute Gasteiger partial charge is 0.370 e. The summed E-state index contributed by atoms with van der Waals surface area (Å²) in [5.41, 5.74) is 3.86. The van der Waals surface area contributed by atoms with Gasteiger partial charge in [-0.3, -0.25) is 4.79 Å². The van der Waals surface area contributed by atoms with Crippen LogP contribution >= 0.6 is 11.6 Å². The first-order chi connectivity index (χ1) is 16.1. The zero-order chi connectivity index (χ0) is 22.5. The molecule has 4 aromatic rings. The molecular weight excluding hydrogens is 441 g/mol. The molecule has 2 N–H and O–H groups in total. The summed E-state index contributed by atoms with van der Waals surface area (Å²) in [5, 5.41) is 7.92. The molecule has 0 saturated carbocycles. The molecule has 6 rings (SSSR count). The van der Waals surface area contributed by atoms with Crippen LogP contribution in [-0.2, 0) is 19.5 Å². The number of carbonyl (C=O) groups excluding carboxylic acids is 1. The number of halogens is 2. The Morgan fingerprint density at radius 1 is 1.21 bits per heavy atom. The summed E-state index contributed by atoms with van der Waals surface area (Å²) < 4.78 is 17.8. The van der Waals surface area contributed by atoms with Crippen LogP contribution in [-0.4, -0.2) is 26.6 Å². The van der Waals surface area contributed by atoms with Crippen molar-refractivity contribution in [1.29, 1.82) is 0 Å². The molecule has 33 heavy (non-hydrogen) atoms. The van der Waals surface area contributed by atoms with Crippen LogP contribution < -0.4 is 10.6 Å². The number of aryl methyl sites for hydroxylation is 1. The summed E-state index contributed by atoms with van der Waals surface area (Å²) in [6.07, 6.45) is 3.97. The van der Waals surface area contributed by atoms with Crippen LogP contribution in [0.3, 0.4) is 0 Å². The van der Waals surface area contributed by atoms with E-state index in [0.29, 0.717) is 29.5 Å². The number of aromatic nitrogens is 3. The minimum Gasteiger partial charge on any atom is -0.370 e. The van der Waals surface area contributed by atoms with Crippen molar-refractivity contribution in [2.24, 2.45) is 0 Å². The molecule has 2 aliphatic heterocycles. The number of benzene rings is 2. The van der Waals surface area contributed by atoms with E-state index in [2.05, 4.69) is 15.2 Å². The van der Waals surface area contributed by atoms with Crippen LogP contribution in [0.4, 0.5) is 10.2 Å². The second-order valence-electron chi connectivity index (χ2n) is 8.39. The monoisotopic (exact) mass is 461 g/mol. The molecule has 2 aromatic heterocycles. The van der Waals surface area contributed by atoms with E-state index in [1.165, 1.54) is 12.1 Å². The molecule has 0 aliphatic carbocycles. The summed E-state index contributed by atoms with van der Waals surface area (Å²) in [5.74, 6) is 1.27. The Kier molecular flexibility index (Phi) is 4.73. The molecule has 8 heteroatoms. The molecule has 0 saturated heterocycles. The molecule has 0 unspecified atom stereocenters. The first-order valence-corrected chi connectivity index (χ1v) is 11.3.